The maximum Gasteiger partial charge on any atom is 0.131 e. The number of hydrogen-bond donors (Lipinski definition) is 1. The lowest BCUT2D eigenvalue weighted by atomic mass is 9.90. The summed E-state index contributed by atoms with van der Waals surface area (Å²) in [7, 11) is 0. The Bertz CT molecular complexity index is 812. The van der Waals surface area contributed by atoms with E-state index in [0.717, 1.165) is 0 Å². The molecule has 0 fully saturated rings. The Morgan fingerprint density at radius 1 is 0.773 bits per heavy atom. The van der Waals surface area contributed by atoms with Gasteiger partial charge in [0.2, 0.25) is 0 Å². The normalized spacial score (nSPS) is 10.7. The van der Waals surface area contributed by atoms with E-state index in [1.807, 2.05) is 0 Å². The van der Waals surface area contributed by atoms with E-state index in [1.165, 1.54) is 18.2 Å². The molecule has 0 aliphatic heterocycles. The first kappa shape index (κ1) is 14.4. The molecule has 3 rings (SSSR count). The third-order valence-electron chi connectivity index (χ3n) is 3.60. The van der Waals surface area contributed by atoms with Crippen LogP contribution in [0.15, 0.2) is 66.7 Å². The van der Waals surface area contributed by atoms with E-state index < -0.39 is 0 Å². The first-order valence-corrected chi connectivity index (χ1v) is 6.94. The fourth-order valence-electron chi connectivity index (χ4n) is 2.62. The number of aliphatic hydroxyl groups is 1. The molecular formula is C19H14F2O. The van der Waals surface area contributed by atoms with Gasteiger partial charge in [0.1, 0.15) is 11.6 Å². The van der Waals surface area contributed by atoms with Crippen molar-refractivity contribution in [3.05, 3.63) is 83.9 Å². The summed E-state index contributed by atoms with van der Waals surface area (Å²) < 4.78 is 27.7. The fraction of sp³-hybridized carbons (Fsp3) is 0.0526. The molecule has 3 aromatic carbocycles. The van der Waals surface area contributed by atoms with E-state index in [1.54, 1.807) is 48.5 Å². The lowest BCUT2D eigenvalue weighted by Crippen LogP contribution is -1.95. The number of rotatable bonds is 3. The molecule has 1 N–H and O–H groups in total. The molecule has 0 heterocycles. The highest BCUT2D eigenvalue weighted by molar-refractivity contribution is 5.85. The van der Waals surface area contributed by atoms with Crippen molar-refractivity contribution in [3.63, 3.8) is 0 Å². The zero-order valence-electron chi connectivity index (χ0n) is 11.8. The molecule has 0 aliphatic carbocycles. The summed E-state index contributed by atoms with van der Waals surface area (Å²) in [5, 5.41) is 9.60. The predicted molar refractivity (Wildman–Crippen MR) is 83.2 cm³/mol. The van der Waals surface area contributed by atoms with Gasteiger partial charge in [0.05, 0.1) is 6.61 Å². The maximum atomic E-state index is 14.1. The third-order valence-corrected chi connectivity index (χ3v) is 3.60. The highest BCUT2D eigenvalue weighted by Crippen LogP contribution is 2.36. The van der Waals surface area contributed by atoms with Gasteiger partial charge in [-0.25, -0.2) is 8.78 Å². The van der Waals surface area contributed by atoms with Crippen molar-refractivity contribution in [3.8, 4) is 22.3 Å². The monoisotopic (exact) mass is 296 g/mol. The van der Waals surface area contributed by atoms with Crippen LogP contribution in [0.5, 0.6) is 0 Å². The molecule has 110 valence electrons. The smallest absolute Gasteiger partial charge is 0.131 e. The molecule has 0 saturated heterocycles. The van der Waals surface area contributed by atoms with Gasteiger partial charge >= 0.3 is 0 Å². The lowest BCUT2D eigenvalue weighted by Gasteiger charge is -2.15. The van der Waals surface area contributed by atoms with Crippen molar-refractivity contribution in [2.75, 3.05) is 0 Å². The van der Waals surface area contributed by atoms with Gasteiger partial charge in [0.15, 0.2) is 0 Å². The molecular weight excluding hydrogens is 282 g/mol. The molecule has 1 nitrogen and oxygen atoms in total. The highest BCUT2D eigenvalue weighted by Gasteiger charge is 2.14. The van der Waals surface area contributed by atoms with Crippen molar-refractivity contribution >= 4 is 0 Å². The molecule has 0 bridgehead atoms. The van der Waals surface area contributed by atoms with Gasteiger partial charge in [0.25, 0.3) is 0 Å². The first-order valence-electron chi connectivity index (χ1n) is 6.94. The van der Waals surface area contributed by atoms with Crippen LogP contribution >= 0.6 is 0 Å². The minimum Gasteiger partial charge on any atom is -0.392 e. The largest absolute Gasteiger partial charge is 0.392 e. The minimum atomic E-state index is -0.371. The van der Waals surface area contributed by atoms with Gasteiger partial charge in [-0.1, -0.05) is 48.5 Å². The summed E-state index contributed by atoms with van der Waals surface area (Å²) in [6.07, 6.45) is 0. The maximum absolute atomic E-state index is 14.1. The molecule has 0 aromatic heterocycles. The van der Waals surface area contributed by atoms with Crippen molar-refractivity contribution in [1.82, 2.24) is 0 Å². The van der Waals surface area contributed by atoms with Crippen LogP contribution in [-0.4, -0.2) is 5.11 Å². The summed E-state index contributed by atoms with van der Waals surface area (Å²) in [5.41, 5.74) is 2.95. The average molecular weight is 296 g/mol. The highest BCUT2D eigenvalue weighted by atomic mass is 19.1. The molecule has 22 heavy (non-hydrogen) atoms. The molecule has 0 saturated carbocycles. The first-order chi connectivity index (χ1) is 10.7. The molecule has 0 unspecified atom stereocenters. The number of benzene rings is 3. The predicted octanol–water partition coefficient (Wildman–Crippen LogP) is 4.79. The van der Waals surface area contributed by atoms with Crippen molar-refractivity contribution in [1.29, 1.82) is 0 Å². The summed E-state index contributed by atoms with van der Waals surface area (Å²) >= 11 is 0. The molecule has 0 aliphatic rings. The summed E-state index contributed by atoms with van der Waals surface area (Å²) in [6, 6.07) is 17.8. The molecule has 0 amide bonds. The van der Waals surface area contributed by atoms with E-state index >= 15 is 0 Å². The average Bonchev–Trinajstić information content (AvgIpc) is 2.54. The van der Waals surface area contributed by atoms with Crippen LogP contribution in [0.4, 0.5) is 8.78 Å². The number of hydrogen-bond acceptors (Lipinski definition) is 1. The second-order valence-electron chi connectivity index (χ2n) is 4.99. The van der Waals surface area contributed by atoms with E-state index in [-0.39, 0.29) is 18.2 Å². The summed E-state index contributed by atoms with van der Waals surface area (Å²) in [6.45, 7) is -0.200. The molecule has 3 aromatic rings. The van der Waals surface area contributed by atoms with Gasteiger partial charge in [0, 0.05) is 5.56 Å². The Labute approximate surface area is 127 Å². The summed E-state index contributed by atoms with van der Waals surface area (Å²) in [4.78, 5) is 0. The lowest BCUT2D eigenvalue weighted by molar-refractivity contribution is 0.282. The van der Waals surface area contributed by atoms with E-state index in [9.17, 15) is 13.9 Å². The minimum absolute atomic E-state index is 0.200. The van der Waals surface area contributed by atoms with Gasteiger partial charge in [-0.2, -0.15) is 0 Å². The van der Waals surface area contributed by atoms with Crippen LogP contribution in [0.2, 0.25) is 0 Å². The van der Waals surface area contributed by atoms with E-state index in [0.29, 0.717) is 27.8 Å². The SMILES string of the molecule is OCc1cccc(-c2ccccc2F)c1-c1cccc(F)c1. The van der Waals surface area contributed by atoms with Gasteiger partial charge in [-0.05, 0) is 40.5 Å². The zero-order valence-corrected chi connectivity index (χ0v) is 11.8. The van der Waals surface area contributed by atoms with Crippen LogP contribution in [0, 0.1) is 11.6 Å². The molecule has 0 spiro atoms. The van der Waals surface area contributed by atoms with E-state index in [2.05, 4.69) is 0 Å². The summed E-state index contributed by atoms with van der Waals surface area (Å²) in [5.74, 6) is -0.722. The van der Waals surface area contributed by atoms with Crippen molar-refractivity contribution in [2.45, 2.75) is 6.61 Å². The molecule has 0 atom stereocenters. The second kappa shape index (κ2) is 6.08. The zero-order chi connectivity index (χ0) is 15.5. The Morgan fingerprint density at radius 2 is 1.50 bits per heavy atom. The standard InChI is InChI=1S/C19H14F2O/c20-15-7-3-5-13(11-15)19-14(12-22)6-4-9-17(19)16-8-1-2-10-18(16)21/h1-11,22H,12H2. The van der Waals surface area contributed by atoms with Crippen LogP contribution in [0.1, 0.15) is 5.56 Å². The Hall–Kier alpha value is -2.52. The number of aliphatic hydroxyl groups excluding tert-OH is 1. The third kappa shape index (κ3) is 2.63. The second-order valence-corrected chi connectivity index (χ2v) is 4.99. The fourth-order valence-corrected chi connectivity index (χ4v) is 2.62. The van der Waals surface area contributed by atoms with Gasteiger partial charge < -0.3 is 5.11 Å². The topological polar surface area (TPSA) is 20.2 Å². The van der Waals surface area contributed by atoms with Crippen molar-refractivity contribution in [2.24, 2.45) is 0 Å². The van der Waals surface area contributed by atoms with Crippen LogP contribution in [-0.2, 0) is 6.61 Å². The van der Waals surface area contributed by atoms with Crippen LogP contribution < -0.4 is 0 Å². The van der Waals surface area contributed by atoms with Gasteiger partial charge in [-0.15, -0.1) is 0 Å². The molecule has 3 heteroatoms. The number of halogens is 2. The Morgan fingerprint density at radius 3 is 2.23 bits per heavy atom. The quantitative estimate of drug-likeness (QED) is 0.736. The van der Waals surface area contributed by atoms with Crippen molar-refractivity contribution < 1.29 is 13.9 Å². The van der Waals surface area contributed by atoms with E-state index in [4.69, 9.17) is 0 Å². The Balaban J connectivity index is 2.30. The molecule has 0 radical (unpaired) electrons. The van der Waals surface area contributed by atoms with Crippen LogP contribution in [0.25, 0.3) is 22.3 Å². The van der Waals surface area contributed by atoms with Crippen LogP contribution in [0.3, 0.4) is 0 Å². The van der Waals surface area contributed by atoms with Gasteiger partial charge in [-0.3, -0.25) is 0 Å². The Kier molecular flexibility index (Phi) is 3.98.